The zero-order valence-corrected chi connectivity index (χ0v) is 19.2. The molecule has 0 aromatic carbocycles. The van der Waals surface area contributed by atoms with Crippen LogP contribution < -0.4 is 10.6 Å². The third-order valence-electron chi connectivity index (χ3n) is 4.10. The van der Waals surface area contributed by atoms with Crippen molar-refractivity contribution in [2.45, 2.75) is 32.2 Å². The van der Waals surface area contributed by atoms with E-state index in [1.807, 2.05) is 6.92 Å². The highest BCUT2D eigenvalue weighted by molar-refractivity contribution is 14.0. The number of amides is 2. The van der Waals surface area contributed by atoms with Gasteiger partial charge in [0.05, 0.1) is 7.11 Å². The van der Waals surface area contributed by atoms with Gasteiger partial charge in [-0.25, -0.2) is 9.79 Å². The fraction of sp³-hybridized carbons (Fsp3) is 0.824. The van der Waals surface area contributed by atoms with Crippen LogP contribution in [0, 0.1) is 0 Å². The Bertz CT molecular complexity index is 468. The van der Waals surface area contributed by atoms with Crippen molar-refractivity contribution < 1.29 is 19.1 Å². The summed E-state index contributed by atoms with van der Waals surface area (Å²) in [6.07, 6.45) is 2.17. The van der Waals surface area contributed by atoms with Gasteiger partial charge in [-0.1, -0.05) is 0 Å². The molecule has 27 heavy (non-hydrogen) atoms. The van der Waals surface area contributed by atoms with Gasteiger partial charge in [0.25, 0.3) is 0 Å². The second-order valence-corrected chi connectivity index (χ2v) is 6.31. The largest absolute Gasteiger partial charge is 0.453 e. The number of halogens is 1. The summed E-state index contributed by atoms with van der Waals surface area (Å²) in [7, 11) is 4.82. The minimum Gasteiger partial charge on any atom is -0.453 e. The van der Waals surface area contributed by atoms with Crippen LogP contribution in [-0.2, 0) is 14.3 Å². The number of aliphatic imine (C=N–C) groups is 1. The van der Waals surface area contributed by atoms with Crippen molar-refractivity contribution in [3.63, 3.8) is 0 Å². The number of carbonyl (C=O) groups excluding carboxylic acids is 2. The summed E-state index contributed by atoms with van der Waals surface area (Å²) in [4.78, 5) is 30.9. The first-order valence-electron chi connectivity index (χ1n) is 9.13. The van der Waals surface area contributed by atoms with E-state index >= 15 is 0 Å². The molecular formula is C17H34IN5O4. The first kappa shape index (κ1) is 25.7. The van der Waals surface area contributed by atoms with Gasteiger partial charge in [-0.05, 0) is 26.2 Å². The SMILES string of the molecule is CCOCCCNC(=NCC(=O)N(C)C)NC1CCN(C(=O)OC)CC1.I. The van der Waals surface area contributed by atoms with E-state index in [4.69, 9.17) is 9.47 Å². The Kier molecular flexibility index (Phi) is 14.0. The minimum absolute atomic E-state index is 0. The predicted octanol–water partition coefficient (Wildman–Crippen LogP) is 0.885. The van der Waals surface area contributed by atoms with E-state index < -0.39 is 0 Å². The lowest BCUT2D eigenvalue weighted by molar-refractivity contribution is -0.127. The molecule has 158 valence electrons. The highest BCUT2D eigenvalue weighted by Gasteiger charge is 2.23. The van der Waals surface area contributed by atoms with Gasteiger partial charge in [-0.15, -0.1) is 24.0 Å². The molecule has 0 saturated carbocycles. The molecule has 0 unspecified atom stereocenters. The average Bonchev–Trinajstić information content (AvgIpc) is 2.65. The fourth-order valence-electron chi connectivity index (χ4n) is 2.49. The van der Waals surface area contributed by atoms with E-state index in [0.29, 0.717) is 38.8 Å². The Hall–Kier alpha value is -1.30. The molecule has 0 radical (unpaired) electrons. The van der Waals surface area contributed by atoms with Crippen molar-refractivity contribution in [1.29, 1.82) is 0 Å². The third kappa shape index (κ3) is 10.6. The van der Waals surface area contributed by atoms with E-state index in [9.17, 15) is 9.59 Å². The molecule has 1 rings (SSSR count). The number of hydrogen-bond donors (Lipinski definition) is 2. The second kappa shape index (κ2) is 14.7. The number of piperidine rings is 1. The number of carbonyl (C=O) groups is 2. The molecule has 10 heteroatoms. The monoisotopic (exact) mass is 499 g/mol. The maximum Gasteiger partial charge on any atom is 0.409 e. The average molecular weight is 499 g/mol. The van der Waals surface area contributed by atoms with Crippen LogP contribution in [0.4, 0.5) is 4.79 Å². The second-order valence-electron chi connectivity index (χ2n) is 6.31. The van der Waals surface area contributed by atoms with Crippen LogP contribution in [0.5, 0.6) is 0 Å². The van der Waals surface area contributed by atoms with Crippen LogP contribution in [0.15, 0.2) is 4.99 Å². The number of guanidine groups is 1. The fourth-order valence-corrected chi connectivity index (χ4v) is 2.49. The maximum absolute atomic E-state index is 11.8. The van der Waals surface area contributed by atoms with Crippen LogP contribution >= 0.6 is 24.0 Å². The highest BCUT2D eigenvalue weighted by atomic mass is 127. The number of likely N-dealkylation sites (N-methyl/N-ethyl adjacent to an activating group) is 1. The Morgan fingerprint density at radius 2 is 1.93 bits per heavy atom. The molecule has 0 atom stereocenters. The van der Waals surface area contributed by atoms with Crippen LogP contribution in [0.25, 0.3) is 0 Å². The van der Waals surface area contributed by atoms with Gasteiger partial charge in [0.1, 0.15) is 6.54 Å². The summed E-state index contributed by atoms with van der Waals surface area (Å²) in [6.45, 7) is 5.44. The lowest BCUT2D eigenvalue weighted by Gasteiger charge is -2.32. The third-order valence-corrected chi connectivity index (χ3v) is 4.10. The van der Waals surface area contributed by atoms with Crippen molar-refractivity contribution in [1.82, 2.24) is 20.4 Å². The summed E-state index contributed by atoms with van der Waals surface area (Å²) in [5.41, 5.74) is 0. The quantitative estimate of drug-likeness (QED) is 0.223. The standard InChI is InChI=1S/C17H33N5O4.HI/c1-5-26-12-6-9-18-16(19-13-15(23)21(2)3)20-14-7-10-22(11-8-14)17(24)25-4;/h14H,5-13H2,1-4H3,(H2,18,19,20);1H. The number of methoxy groups -OCH3 is 1. The molecule has 0 aromatic rings. The number of rotatable bonds is 8. The zero-order chi connectivity index (χ0) is 19.4. The van der Waals surface area contributed by atoms with Crippen molar-refractivity contribution in [3.8, 4) is 0 Å². The van der Waals surface area contributed by atoms with Crippen molar-refractivity contribution in [3.05, 3.63) is 0 Å². The summed E-state index contributed by atoms with van der Waals surface area (Å²) in [5, 5.41) is 6.62. The van der Waals surface area contributed by atoms with Crippen molar-refractivity contribution in [2.75, 3.05) is 60.6 Å². The van der Waals surface area contributed by atoms with E-state index in [-0.39, 0.29) is 48.6 Å². The van der Waals surface area contributed by atoms with Gasteiger partial charge in [-0.3, -0.25) is 4.79 Å². The van der Waals surface area contributed by atoms with Gasteiger partial charge in [0.15, 0.2) is 5.96 Å². The first-order valence-corrected chi connectivity index (χ1v) is 9.13. The summed E-state index contributed by atoms with van der Waals surface area (Å²) >= 11 is 0. The summed E-state index contributed by atoms with van der Waals surface area (Å²) in [6, 6.07) is 0.198. The molecule has 9 nitrogen and oxygen atoms in total. The Balaban J connectivity index is 0.00000676. The summed E-state index contributed by atoms with van der Waals surface area (Å²) in [5.74, 6) is 0.564. The zero-order valence-electron chi connectivity index (χ0n) is 16.8. The molecule has 0 bridgehead atoms. The van der Waals surface area contributed by atoms with Crippen LogP contribution in [-0.4, -0.2) is 94.4 Å². The van der Waals surface area contributed by atoms with Gasteiger partial charge < -0.3 is 29.9 Å². The molecular weight excluding hydrogens is 465 g/mol. The van der Waals surface area contributed by atoms with Crippen LogP contribution in [0.1, 0.15) is 26.2 Å². The molecule has 0 aliphatic carbocycles. The number of ether oxygens (including phenoxy) is 2. The Morgan fingerprint density at radius 1 is 1.26 bits per heavy atom. The maximum atomic E-state index is 11.8. The van der Waals surface area contributed by atoms with Crippen molar-refractivity contribution in [2.24, 2.45) is 4.99 Å². The van der Waals surface area contributed by atoms with Gasteiger partial charge in [0.2, 0.25) is 5.91 Å². The Labute approximate surface area is 179 Å². The van der Waals surface area contributed by atoms with Crippen molar-refractivity contribution >= 4 is 41.9 Å². The van der Waals surface area contributed by atoms with Gasteiger partial charge in [0, 0.05) is 53.0 Å². The molecule has 2 N–H and O–H groups in total. The molecule has 0 aromatic heterocycles. The minimum atomic E-state index is -0.289. The lowest BCUT2D eigenvalue weighted by Crippen LogP contribution is -2.50. The molecule has 1 aliphatic heterocycles. The summed E-state index contributed by atoms with van der Waals surface area (Å²) < 4.78 is 10.1. The van der Waals surface area contributed by atoms with E-state index in [1.54, 1.807) is 19.0 Å². The molecule has 2 amide bonds. The van der Waals surface area contributed by atoms with E-state index in [2.05, 4.69) is 15.6 Å². The molecule has 1 aliphatic rings. The number of nitrogens with zero attached hydrogens (tertiary/aromatic N) is 3. The van der Waals surface area contributed by atoms with Crippen LogP contribution in [0.3, 0.4) is 0 Å². The highest BCUT2D eigenvalue weighted by Crippen LogP contribution is 2.11. The number of hydrogen-bond acceptors (Lipinski definition) is 5. The van der Waals surface area contributed by atoms with Gasteiger partial charge in [-0.2, -0.15) is 0 Å². The van der Waals surface area contributed by atoms with E-state index in [0.717, 1.165) is 19.3 Å². The molecule has 0 spiro atoms. The van der Waals surface area contributed by atoms with E-state index in [1.165, 1.54) is 12.0 Å². The number of likely N-dealkylation sites (tertiary alicyclic amines) is 1. The molecule has 1 heterocycles. The topological polar surface area (TPSA) is 95.5 Å². The lowest BCUT2D eigenvalue weighted by atomic mass is 10.1. The normalized spacial score (nSPS) is 15.0. The molecule has 1 fully saturated rings. The number of nitrogens with one attached hydrogen (secondary N) is 2. The Morgan fingerprint density at radius 3 is 2.48 bits per heavy atom. The van der Waals surface area contributed by atoms with Crippen LogP contribution in [0.2, 0.25) is 0 Å². The molecule has 1 saturated heterocycles. The smallest absolute Gasteiger partial charge is 0.409 e. The van der Waals surface area contributed by atoms with Gasteiger partial charge >= 0.3 is 6.09 Å². The first-order chi connectivity index (χ1) is 12.5. The predicted molar refractivity (Wildman–Crippen MR) is 116 cm³/mol.